The Morgan fingerprint density at radius 3 is 2.78 bits per heavy atom. The van der Waals surface area contributed by atoms with Gasteiger partial charge in [0.2, 0.25) is 5.91 Å². The molecular weight excluding hydrogens is 248 g/mol. The molecule has 1 heterocycles. The van der Waals surface area contributed by atoms with Gasteiger partial charge in [0.15, 0.2) is 0 Å². The van der Waals surface area contributed by atoms with Crippen molar-refractivity contribution in [3.8, 4) is 0 Å². The second kappa shape index (κ2) is 7.39. The van der Waals surface area contributed by atoms with E-state index in [9.17, 15) is 4.79 Å². The first-order chi connectivity index (χ1) is 8.27. The van der Waals surface area contributed by atoms with Gasteiger partial charge in [-0.2, -0.15) is 0 Å². The molecule has 0 bridgehead atoms. The Kier molecular flexibility index (Phi) is 6.16. The molecule has 2 atom stereocenters. The van der Waals surface area contributed by atoms with Crippen LogP contribution in [0.4, 0.5) is 0 Å². The molecule has 0 aromatic heterocycles. The lowest BCUT2D eigenvalue weighted by Gasteiger charge is -2.15. The predicted octanol–water partition coefficient (Wildman–Crippen LogP) is 2.08. The van der Waals surface area contributed by atoms with Gasteiger partial charge in [0.05, 0.1) is 6.04 Å². The molecule has 2 rings (SSSR count). The number of amides is 1. The fourth-order valence-corrected chi connectivity index (χ4v) is 2.18. The molecule has 1 fully saturated rings. The minimum atomic E-state index is 0. The van der Waals surface area contributed by atoms with Gasteiger partial charge in [-0.15, -0.1) is 12.4 Å². The number of benzene rings is 1. The fraction of sp³-hybridized carbons (Fsp3) is 0.500. The minimum absolute atomic E-state index is 0. The Hall–Kier alpha value is -1.06. The summed E-state index contributed by atoms with van der Waals surface area (Å²) in [6.45, 7) is 3.81. The Balaban J connectivity index is 0.00000162. The molecule has 0 aliphatic carbocycles. The zero-order chi connectivity index (χ0) is 12.1. The highest BCUT2D eigenvalue weighted by Crippen LogP contribution is 2.13. The molecule has 2 unspecified atom stereocenters. The van der Waals surface area contributed by atoms with Crippen molar-refractivity contribution < 1.29 is 4.79 Å². The highest BCUT2D eigenvalue weighted by atomic mass is 35.5. The van der Waals surface area contributed by atoms with Crippen LogP contribution in [-0.4, -0.2) is 25.0 Å². The summed E-state index contributed by atoms with van der Waals surface area (Å²) in [5, 5.41) is 6.23. The van der Waals surface area contributed by atoms with E-state index >= 15 is 0 Å². The quantitative estimate of drug-likeness (QED) is 0.878. The van der Waals surface area contributed by atoms with Crippen LogP contribution in [0.1, 0.15) is 31.2 Å². The number of hydrogen-bond acceptors (Lipinski definition) is 2. The second-order valence-corrected chi connectivity index (χ2v) is 4.71. The van der Waals surface area contributed by atoms with Crippen molar-refractivity contribution in [2.45, 2.75) is 31.7 Å². The maximum atomic E-state index is 11.8. The summed E-state index contributed by atoms with van der Waals surface area (Å²) in [7, 11) is 0. The fourth-order valence-electron chi connectivity index (χ4n) is 2.18. The topological polar surface area (TPSA) is 41.1 Å². The zero-order valence-electron chi connectivity index (χ0n) is 10.7. The lowest BCUT2D eigenvalue weighted by Crippen LogP contribution is -2.41. The molecule has 100 valence electrons. The van der Waals surface area contributed by atoms with Crippen LogP contribution in [0.5, 0.6) is 0 Å². The Labute approximate surface area is 115 Å². The molecule has 0 saturated carbocycles. The van der Waals surface area contributed by atoms with E-state index in [4.69, 9.17) is 0 Å². The van der Waals surface area contributed by atoms with E-state index in [0.29, 0.717) is 12.5 Å². The number of carbonyl (C=O) groups excluding carboxylic acids is 1. The maximum absolute atomic E-state index is 11.8. The Morgan fingerprint density at radius 1 is 1.44 bits per heavy atom. The molecule has 1 amide bonds. The van der Waals surface area contributed by atoms with Gasteiger partial charge in [0, 0.05) is 6.54 Å². The number of halogens is 1. The lowest BCUT2D eigenvalue weighted by atomic mass is 10.0. The maximum Gasteiger partial charge on any atom is 0.237 e. The van der Waals surface area contributed by atoms with Gasteiger partial charge in [0.25, 0.3) is 0 Å². The van der Waals surface area contributed by atoms with E-state index < -0.39 is 0 Å². The monoisotopic (exact) mass is 268 g/mol. The average Bonchev–Trinajstić information content (AvgIpc) is 2.90. The van der Waals surface area contributed by atoms with Gasteiger partial charge in [-0.3, -0.25) is 4.79 Å². The van der Waals surface area contributed by atoms with Crippen LogP contribution in [0, 0.1) is 0 Å². The smallest absolute Gasteiger partial charge is 0.237 e. The number of hydrogen-bond donors (Lipinski definition) is 2. The van der Waals surface area contributed by atoms with E-state index in [1.807, 2.05) is 18.2 Å². The Morgan fingerprint density at radius 2 is 2.17 bits per heavy atom. The highest BCUT2D eigenvalue weighted by molar-refractivity contribution is 5.85. The van der Waals surface area contributed by atoms with E-state index in [2.05, 4.69) is 29.7 Å². The van der Waals surface area contributed by atoms with Crippen molar-refractivity contribution >= 4 is 18.3 Å². The van der Waals surface area contributed by atoms with Crippen LogP contribution < -0.4 is 10.6 Å². The number of nitrogens with one attached hydrogen (secondary N) is 2. The molecule has 18 heavy (non-hydrogen) atoms. The summed E-state index contributed by atoms with van der Waals surface area (Å²) in [5.41, 5.74) is 1.27. The third kappa shape index (κ3) is 4.00. The summed E-state index contributed by atoms with van der Waals surface area (Å²) in [4.78, 5) is 11.8. The minimum Gasteiger partial charge on any atom is -0.354 e. The van der Waals surface area contributed by atoms with Crippen molar-refractivity contribution in [2.24, 2.45) is 0 Å². The van der Waals surface area contributed by atoms with E-state index in [0.717, 1.165) is 19.4 Å². The van der Waals surface area contributed by atoms with Crippen molar-refractivity contribution in [1.82, 2.24) is 10.6 Å². The van der Waals surface area contributed by atoms with E-state index in [-0.39, 0.29) is 24.4 Å². The molecule has 1 saturated heterocycles. The summed E-state index contributed by atoms with van der Waals surface area (Å²) in [5.74, 6) is 0.506. The lowest BCUT2D eigenvalue weighted by molar-refractivity contribution is -0.122. The SMILES string of the molecule is CC(CNC(=O)C1CCCN1)c1ccccc1.Cl. The third-order valence-electron chi connectivity index (χ3n) is 3.33. The summed E-state index contributed by atoms with van der Waals surface area (Å²) in [6.07, 6.45) is 2.07. The largest absolute Gasteiger partial charge is 0.354 e. The molecular formula is C14H21ClN2O. The van der Waals surface area contributed by atoms with Crippen LogP contribution in [0.25, 0.3) is 0 Å². The molecule has 1 aromatic rings. The number of rotatable bonds is 4. The average molecular weight is 269 g/mol. The van der Waals surface area contributed by atoms with E-state index in [1.165, 1.54) is 5.56 Å². The molecule has 4 heteroatoms. The van der Waals surface area contributed by atoms with Crippen LogP contribution in [0.2, 0.25) is 0 Å². The first-order valence-corrected chi connectivity index (χ1v) is 6.33. The standard InChI is InChI=1S/C14H20N2O.ClH/c1-11(12-6-3-2-4-7-12)10-16-14(17)13-8-5-9-15-13;/h2-4,6-7,11,13,15H,5,8-10H2,1H3,(H,16,17);1H. The molecule has 0 radical (unpaired) electrons. The summed E-state index contributed by atoms with van der Waals surface area (Å²) >= 11 is 0. The van der Waals surface area contributed by atoms with Crippen LogP contribution in [-0.2, 0) is 4.79 Å². The van der Waals surface area contributed by atoms with Gasteiger partial charge in [-0.1, -0.05) is 37.3 Å². The van der Waals surface area contributed by atoms with Gasteiger partial charge >= 0.3 is 0 Å². The van der Waals surface area contributed by atoms with Gasteiger partial charge in [-0.05, 0) is 30.9 Å². The zero-order valence-corrected chi connectivity index (χ0v) is 11.5. The van der Waals surface area contributed by atoms with Crippen molar-refractivity contribution in [1.29, 1.82) is 0 Å². The first-order valence-electron chi connectivity index (χ1n) is 6.33. The van der Waals surface area contributed by atoms with Crippen molar-refractivity contribution in [3.63, 3.8) is 0 Å². The van der Waals surface area contributed by atoms with Gasteiger partial charge < -0.3 is 10.6 Å². The normalized spacial score (nSPS) is 19.9. The molecule has 1 aromatic carbocycles. The van der Waals surface area contributed by atoms with Crippen LogP contribution >= 0.6 is 12.4 Å². The third-order valence-corrected chi connectivity index (χ3v) is 3.33. The molecule has 1 aliphatic heterocycles. The molecule has 1 aliphatic rings. The number of carbonyl (C=O) groups is 1. The molecule has 3 nitrogen and oxygen atoms in total. The first kappa shape index (κ1) is 15.0. The predicted molar refractivity (Wildman–Crippen MR) is 76.1 cm³/mol. The van der Waals surface area contributed by atoms with Gasteiger partial charge in [-0.25, -0.2) is 0 Å². The van der Waals surface area contributed by atoms with E-state index in [1.54, 1.807) is 0 Å². The molecule has 2 N–H and O–H groups in total. The second-order valence-electron chi connectivity index (χ2n) is 4.71. The van der Waals surface area contributed by atoms with Crippen LogP contribution in [0.3, 0.4) is 0 Å². The van der Waals surface area contributed by atoms with Crippen molar-refractivity contribution in [2.75, 3.05) is 13.1 Å². The van der Waals surface area contributed by atoms with Crippen molar-refractivity contribution in [3.05, 3.63) is 35.9 Å². The van der Waals surface area contributed by atoms with Gasteiger partial charge in [0.1, 0.15) is 0 Å². The Bertz CT molecular complexity index is 363. The molecule has 0 spiro atoms. The summed E-state index contributed by atoms with van der Waals surface area (Å²) in [6, 6.07) is 10.3. The van der Waals surface area contributed by atoms with Crippen LogP contribution in [0.15, 0.2) is 30.3 Å². The summed E-state index contributed by atoms with van der Waals surface area (Å²) < 4.78 is 0. The highest BCUT2D eigenvalue weighted by Gasteiger charge is 2.21.